The van der Waals surface area contributed by atoms with Gasteiger partial charge < -0.3 is 4.98 Å². The van der Waals surface area contributed by atoms with Crippen LogP contribution in [0.5, 0.6) is 0 Å². The lowest BCUT2D eigenvalue weighted by atomic mass is 10.2. The lowest BCUT2D eigenvalue weighted by Crippen LogP contribution is -2.13. The van der Waals surface area contributed by atoms with Crippen LogP contribution in [0.25, 0.3) is 20.7 Å². The molecule has 0 aromatic carbocycles. The second kappa shape index (κ2) is 7.41. The Labute approximate surface area is 173 Å². The van der Waals surface area contributed by atoms with Gasteiger partial charge in [0.25, 0.3) is 5.56 Å². The van der Waals surface area contributed by atoms with E-state index in [9.17, 15) is 4.79 Å². The van der Waals surface area contributed by atoms with Gasteiger partial charge in [-0.15, -0.1) is 27.8 Å². The highest BCUT2D eigenvalue weighted by molar-refractivity contribution is 7.99. The molecule has 10 heteroatoms. The van der Waals surface area contributed by atoms with Gasteiger partial charge in [-0.25, -0.2) is 9.67 Å². The number of hydrogen-bond acceptors (Lipinski definition) is 8. The molecule has 0 aliphatic heterocycles. The highest BCUT2D eigenvalue weighted by atomic mass is 32.2. The Kier molecular flexibility index (Phi) is 4.77. The molecule has 1 saturated carbocycles. The van der Waals surface area contributed by atoms with Crippen molar-refractivity contribution in [3.63, 3.8) is 0 Å². The summed E-state index contributed by atoms with van der Waals surface area (Å²) < 4.78 is 1.94. The zero-order valence-electron chi connectivity index (χ0n) is 15.2. The van der Waals surface area contributed by atoms with Gasteiger partial charge in [-0.3, -0.25) is 4.79 Å². The number of fused-ring (bicyclic) bond motifs is 1. The summed E-state index contributed by atoms with van der Waals surface area (Å²) in [5, 5.41) is 17.7. The molecule has 4 aromatic heterocycles. The first-order valence-electron chi connectivity index (χ1n) is 9.20. The lowest BCUT2D eigenvalue weighted by Gasteiger charge is -2.13. The van der Waals surface area contributed by atoms with Crippen LogP contribution in [0.3, 0.4) is 0 Å². The fourth-order valence-electron chi connectivity index (χ4n) is 3.63. The third-order valence-electron chi connectivity index (χ3n) is 5.05. The van der Waals surface area contributed by atoms with Crippen LogP contribution in [0.1, 0.15) is 49.7 Å². The van der Waals surface area contributed by atoms with E-state index in [0.717, 1.165) is 33.3 Å². The van der Waals surface area contributed by atoms with Crippen LogP contribution >= 0.6 is 34.4 Å². The number of nitrogens with zero attached hydrogens (tertiary/aromatic N) is 5. The molecule has 144 valence electrons. The van der Waals surface area contributed by atoms with E-state index in [0.29, 0.717) is 17.3 Å². The van der Waals surface area contributed by atoms with Gasteiger partial charge in [0.05, 0.1) is 16.7 Å². The number of thioether (sulfide) groups is 1. The SMILES string of the molecule is CC(Sc1nnnn1C1CCCC1)c1nc2scc(-c3cccs3)c2c(=O)[nH]1. The van der Waals surface area contributed by atoms with Gasteiger partial charge in [-0.05, 0) is 41.6 Å². The summed E-state index contributed by atoms with van der Waals surface area (Å²) in [4.78, 5) is 22.4. The van der Waals surface area contributed by atoms with Crippen LogP contribution in [0.15, 0.2) is 32.8 Å². The first-order chi connectivity index (χ1) is 13.7. The average molecular weight is 431 g/mol. The number of aromatic nitrogens is 6. The molecule has 1 N–H and O–H groups in total. The van der Waals surface area contributed by atoms with Crippen molar-refractivity contribution in [2.45, 2.75) is 49.1 Å². The number of rotatable bonds is 5. The van der Waals surface area contributed by atoms with Crippen LogP contribution in [-0.4, -0.2) is 30.2 Å². The quantitative estimate of drug-likeness (QED) is 0.463. The van der Waals surface area contributed by atoms with Crippen molar-refractivity contribution in [2.75, 3.05) is 0 Å². The summed E-state index contributed by atoms with van der Waals surface area (Å²) in [6.07, 6.45) is 4.69. The van der Waals surface area contributed by atoms with Gasteiger partial charge in [0.1, 0.15) is 10.7 Å². The summed E-state index contributed by atoms with van der Waals surface area (Å²) >= 11 is 4.68. The van der Waals surface area contributed by atoms with E-state index in [1.807, 2.05) is 34.5 Å². The average Bonchev–Trinajstić information content (AvgIpc) is 3.46. The van der Waals surface area contributed by atoms with Gasteiger partial charge >= 0.3 is 0 Å². The molecule has 0 radical (unpaired) electrons. The monoisotopic (exact) mass is 430 g/mol. The van der Waals surface area contributed by atoms with Crippen LogP contribution in [-0.2, 0) is 0 Å². The molecule has 1 atom stereocenters. The molecule has 1 aliphatic rings. The number of nitrogens with one attached hydrogen (secondary N) is 1. The Balaban J connectivity index is 1.45. The second-order valence-electron chi connectivity index (χ2n) is 6.86. The maximum Gasteiger partial charge on any atom is 0.260 e. The summed E-state index contributed by atoms with van der Waals surface area (Å²) in [5.41, 5.74) is 0.869. The minimum absolute atomic E-state index is 0.0597. The van der Waals surface area contributed by atoms with Crippen molar-refractivity contribution in [2.24, 2.45) is 0 Å². The standard InChI is InChI=1S/C18H18N6OS3/c1-10(28-18-21-22-23-24(18)11-5-2-3-6-11)15-19-16(25)14-12(9-27-17(14)20-15)13-7-4-8-26-13/h4,7-11H,2-3,5-6H2,1H3,(H,19,20,25). The number of tetrazole rings is 1. The molecule has 28 heavy (non-hydrogen) atoms. The Morgan fingerprint density at radius 1 is 1.32 bits per heavy atom. The van der Waals surface area contributed by atoms with Crippen LogP contribution in [0.2, 0.25) is 0 Å². The number of H-pyrrole nitrogens is 1. The summed E-state index contributed by atoms with van der Waals surface area (Å²) in [7, 11) is 0. The smallest absolute Gasteiger partial charge is 0.260 e. The maximum absolute atomic E-state index is 12.8. The fourth-order valence-corrected chi connectivity index (χ4v) is 6.31. The summed E-state index contributed by atoms with van der Waals surface area (Å²) in [6.45, 7) is 2.02. The zero-order valence-corrected chi connectivity index (χ0v) is 17.6. The molecule has 4 heterocycles. The highest BCUT2D eigenvalue weighted by Crippen LogP contribution is 2.38. The molecule has 5 rings (SSSR count). The topological polar surface area (TPSA) is 89.3 Å². The minimum atomic E-state index is -0.0903. The van der Waals surface area contributed by atoms with E-state index in [4.69, 9.17) is 4.98 Å². The van der Waals surface area contributed by atoms with Crippen LogP contribution in [0.4, 0.5) is 0 Å². The van der Waals surface area contributed by atoms with E-state index < -0.39 is 0 Å². The molecule has 1 unspecified atom stereocenters. The zero-order chi connectivity index (χ0) is 19.1. The number of aromatic amines is 1. The largest absolute Gasteiger partial charge is 0.309 e. The molecule has 0 spiro atoms. The minimum Gasteiger partial charge on any atom is -0.309 e. The van der Waals surface area contributed by atoms with Gasteiger partial charge in [-0.2, -0.15) is 0 Å². The van der Waals surface area contributed by atoms with Crippen LogP contribution in [0, 0.1) is 0 Å². The Hall–Kier alpha value is -2.04. The lowest BCUT2D eigenvalue weighted by molar-refractivity contribution is 0.422. The first kappa shape index (κ1) is 18.0. The molecular weight excluding hydrogens is 412 g/mol. The van der Waals surface area contributed by atoms with Crippen molar-refractivity contribution in [3.05, 3.63) is 39.1 Å². The van der Waals surface area contributed by atoms with Crippen molar-refractivity contribution in [3.8, 4) is 10.4 Å². The number of hydrogen-bond donors (Lipinski definition) is 1. The maximum atomic E-state index is 12.8. The van der Waals surface area contributed by atoms with Gasteiger partial charge in [0.2, 0.25) is 5.16 Å². The second-order valence-corrected chi connectivity index (χ2v) is 9.98. The normalized spacial score (nSPS) is 16.2. The van der Waals surface area contributed by atoms with Crippen LogP contribution < -0.4 is 5.56 Å². The highest BCUT2D eigenvalue weighted by Gasteiger charge is 2.24. The van der Waals surface area contributed by atoms with Crippen molar-refractivity contribution in [1.29, 1.82) is 0 Å². The third kappa shape index (κ3) is 3.19. The van der Waals surface area contributed by atoms with Crippen molar-refractivity contribution in [1.82, 2.24) is 30.2 Å². The third-order valence-corrected chi connectivity index (χ3v) is 7.88. The fraction of sp³-hybridized carbons (Fsp3) is 0.389. The molecule has 4 aromatic rings. The Morgan fingerprint density at radius 2 is 2.18 bits per heavy atom. The van der Waals surface area contributed by atoms with E-state index >= 15 is 0 Å². The van der Waals surface area contributed by atoms with Gasteiger partial charge in [0, 0.05) is 15.8 Å². The summed E-state index contributed by atoms with van der Waals surface area (Å²) in [6, 6.07) is 4.40. The molecular formula is C18H18N6OS3. The molecule has 0 saturated heterocycles. The molecule has 0 bridgehead atoms. The molecule has 1 aliphatic carbocycles. The first-order valence-corrected chi connectivity index (χ1v) is 11.8. The summed E-state index contributed by atoms with van der Waals surface area (Å²) in [5.74, 6) is 0.656. The predicted octanol–water partition coefficient (Wildman–Crippen LogP) is 4.67. The van der Waals surface area contributed by atoms with E-state index in [1.54, 1.807) is 11.3 Å². The molecule has 7 nitrogen and oxygen atoms in total. The Bertz CT molecular complexity index is 1160. The molecule has 1 fully saturated rings. The van der Waals surface area contributed by atoms with E-state index in [-0.39, 0.29) is 10.8 Å². The van der Waals surface area contributed by atoms with Crippen molar-refractivity contribution >= 4 is 44.7 Å². The van der Waals surface area contributed by atoms with Crippen molar-refractivity contribution < 1.29 is 0 Å². The predicted molar refractivity (Wildman–Crippen MR) is 113 cm³/mol. The van der Waals surface area contributed by atoms with Gasteiger partial charge in [0.15, 0.2) is 0 Å². The Morgan fingerprint density at radius 3 is 2.96 bits per heavy atom. The van der Waals surface area contributed by atoms with E-state index in [2.05, 4.69) is 20.5 Å². The van der Waals surface area contributed by atoms with Gasteiger partial charge in [-0.1, -0.05) is 30.7 Å². The number of thiophene rings is 2. The van der Waals surface area contributed by atoms with E-state index in [1.165, 1.54) is 35.9 Å². The molecule has 0 amide bonds.